The molecule has 0 N–H and O–H groups in total. The van der Waals surface area contributed by atoms with Gasteiger partial charge < -0.3 is 4.42 Å². The number of furan rings is 1. The van der Waals surface area contributed by atoms with Crippen LogP contribution < -0.4 is 0 Å². The van der Waals surface area contributed by atoms with Crippen molar-refractivity contribution >= 4 is 21.0 Å². The number of benzene rings is 1. The van der Waals surface area contributed by atoms with E-state index in [9.17, 15) is 13.3 Å². The van der Waals surface area contributed by atoms with Gasteiger partial charge in [-0.3, -0.25) is 0 Å². The second-order valence-corrected chi connectivity index (χ2v) is 4.15. The number of hydrogen-bond donors (Lipinski definition) is 0. The van der Waals surface area contributed by atoms with Crippen molar-refractivity contribution in [3.05, 3.63) is 35.2 Å². The second kappa shape index (κ2) is 2.91. The molecule has 1 aromatic carbocycles. The molecule has 0 saturated heterocycles. The van der Waals surface area contributed by atoms with Gasteiger partial charge in [0.05, 0.1) is 4.58 Å². The van der Waals surface area contributed by atoms with E-state index < -0.39 is 15.1 Å². The number of hydrogen-bond acceptors (Lipinski definition) is 4. The highest BCUT2D eigenvalue weighted by Gasteiger charge is 2.19. The van der Waals surface area contributed by atoms with Gasteiger partial charge in [0.15, 0.2) is 0 Å². The highest BCUT2D eigenvalue weighted by atomic mass is 32.2. The van der Waals surface area contributed by atoms with Crippen LogP contribution in [0.4, 0.5) is 0 Å². The van der Waals surface area contributed by atoms with E-state index >= 15 is 0 Å². The summed E-state index contributed by atoms with van der Waals surface area (Å²) >= 11 is 0. The fourth-order valence-corrected chi connectivity index (χ4v) is 1.67. The third-order valence-electron chi connectivity index (χ3n) is 1.76. The van der Waals surface area contributed by atoms with Crippen LogP contribution in [0.25, 0.3) is 11.0 Å². The van der Waals surface area contributed by atoms with Gasteiger partial charge in [-0.2, -0.15) is 8.42 Å². The fraction of sp³-hybridized carbons (Fsp3) is 0. The Morgan fingerprint density at radius 3 is 2.57 bits per heavy atom. The van der Waals surface area contributed by atoms with Gasteiger partial charge >= 0.3 is 10.0 Å². The molecule has 0 bridgehead atoms. The summed E-state index contributed by atoms with van der Waals surface area (Å²) < 4.78 is 29.0. The van der Waals surface area contributed by atoms with Crippen molar-refractivity contribution in [3.8, 4) is 0 Å². The van der Waals surface area contributed by atoms with Crippen LogP contribution in [-0.4, -0.2) is 8.42 Å². The van der Waals surface area contributed by atoms with Gasteiger partial charge in [0.1, 0.15) is 5.58 Å². The summed E-state index contributed by atoms with van der Waals surface area (Å²) in [5, 5.41) is 0.198. The molecule has 0 amide bonds. The standard InChI is InChI=1S/C8H5NO4S/c10-9-14(11,12)8-5-6-3-1-2-4-7(6)13-8/h1-5H. The Labute approximate surface area is 79.4 Å². The molecule has 2 rings (SSSR count). The molecule has 0 spiro atoms. The maximum Gasteiger partial charge on any atom is 0.349 e. The summed E-state index contributed by atoms with van der Waals surface area (Å²) in [5.74, 6) is 0. The maximum absolute atomic E-state index is 11.0. The molecule has 0 fully saturated rings. The lowest BCUT2D eigenvalue weighted by atomic mass is 10.3. The molecule has 0 saturated carbocycles. The van der Waals surface area contributed by atoms with E-state index in [0.717, 1.165) is 0 Å². The average molecular weight is 211 g/mol. The normalized spacial score (nSPS) is 11.7. The van der Waals surface area contributed by atoms with E-state index in [1.807, 2.05) is 4.58 Å². The zero-order valence-corrected chi connectivity index (χ0v) is 7.69. The van der Waals surface area contributed by atoms with Gasteiger partial charge in [-0.1, -0.05) is 18.2 Å². The summed E-state index contributed by atoms with van der Waals surface area (Å²) in [6.45, 7) is 0. The minimum absolute atomic E-state index is 0.412. The zero-order chi connectivity index (χ0) is 10.2. The predicted molar refractivity (Wildman–Crippen MR) is 49.2 cm³/mol. The molecule has 0 radical (unpaired) electrons. The Morgan fingerprint density at radius 2 is 1.93 bits per heavy atom. The molecule has 0 aliphatic rings. The number of sulfonamides is 1. The smallest absolute Gasteiger partial charge is 0.349 e. The van der Waals surface area contributed by atoms with Crippen molar-refractivity contribution in [2.75, 3.05) is 0 Å². The Balaban J connectivity index is 2.73. The molecule has 72 valence electrons. The zero-order valence-electron chi connectivity index (χ0n) is 6.88. The van der Waals surface area contributed by atoms with Crippen LogP contribution in [0.15, 0.2) is 44.4 Å². The van der Waals surface area contributed by atoms with Crippen LogP contribution in [0.2, 0.25) is 0 Å². The first-order chi connectivity index (χ1) is 6.63. The minimum atomic E-state index is -4.16. The van der Waals surface area contributed by atoms with Crippen molar-refractivity contribution in [1.82, 2.24) is 0 Å². The number of fused-ring (bicyclic) bond motifs is 1. The second-order valence-electron chi connectivity index (χ2n) is 2.65. The lowest BCUT2D eigenvalue weighted by Gasteiger charge is -1.85. The summed E-state index contributed by atoms with van der Waals surface area (Å²) in [4.78, 5) is 10.0. The molecule has 0 atom stereocenters. The molecule has 5 nitrogen and oxygen atoms in total. The first-order valence-electron chi connectivity index (χ1n) is 3.72. The molecule has 0 aliphatic carbocycles. The van der Waals surface area contributed by atoms with Crippen LogP contribution >= 0.6 is 0 Å². The topological polar surface area (TPSA) is 76.7 Å². The molecule has 2 aromatic rings. The highest BCUT2D eigenvalue weighted by Crippen LogP contribution is 2.23. The summed E-state index contributed by atoms with van der Waals surface area (Å²) in [6, 6.07) is 8.01. The van der Waals surface area contributed by atoms with Crippen LogP contribution in [0.1, 0.15) is 0 Å². The first kappa shape index (κ1) is 8.89. The lowest BCUT2D eigenvalue weighted by molar-refractivity contribution is 0.482. The highest BCUT2D eigenvalue weighted by molar-refractivity contribution is 7.89. The van der Waals surface area contributed by atoms with E-state index in [4.69, 9.17) is 4.42 Å². The molecule has 0 aliphatic heterocycles. The Bertz CT molecular complexity index is 551. The number of nitroso groups, excluding NO2 is 1. The third-order valence-corrected chi connectivity index (χ3v) is 2.66. The van der Waals surface area contributed by atoms with Gasteiger partial charge in [0.2, 0.25) is 5.09 Å². The van der Waals surface area contributed by atoms with Gasteiger partial charge in [-0.25, -0.2) is 0 Å². The molecule has 1 aromatic heterocycles. The third kappa shape index (κ3) is 1.29. The van der Waals surface area contributed by atoms with Crippen LogP contribution in [-0.2, 0) is 10.0 Å². The van der Waals surface area contributed by atoms with Crippen molar-refractivity contribution in [3.63, 3.8) is 0 Å². The summed E-state index contributed by atoms with van der Waals surface area (Å²) in [7, 11) is -4.16. The van der Waals surface area contributed by atoms with Crippen LogP contribution in [0.3, 0.4) is 0 Å². The van der Waals surface area contributed by atoms with Gasteiger partial charge in [-0.15, -0.1) is 4.91 Å². The summed E-state index contributed by atoms with van der Waals surface area (Å²) in [5.41, 5.74) is 0.412. The van der Waals surface area contributed by atoms with Crippen molar-refractivity contribution < 1.29 is 12.8 Å². The van der Waals surface area contributed by atoms with E-state index in [1.54, 1.807) is 24.3 Å². The van der Waals surface area contributed by atoms with Gasteiger partial charge in [-0.05, 0) is 6.07 Å². The SMILES string of the molecule is O=NS(=O)(=O)c1cc2ccccc2o1. The predicted octanol–water partition coefficient (Wildman–Crippen LogP) is 1.89. The van der Waals surface area contributed by atoms with E-state index in [0.29, 0.717) is 11.0 Å². The summed E-state index contributed by atoms with van der Waals surface area (Å²) in [6.07, 6.45) is 0. The minimum Gasteiger partial charge on any atom is -0.443 e. The number of para-hydroxylation sites is 1. The molecular weight excluding hydrogens is 206 g/mol. The van der Waals surface area contributed by atoms with E-state index in [-0.39, 0.29) is 0 Å². The molecule has 1 heterocycles. The van der Waals surface area contributed by atoms with Crippen molar-refractivity contribution in [2.24, 2.45) is 4.58 Å². The lowest BCUT2D eigenvalue weighted by Crippen LogP contribution is -1.91. The Hall–Kier alpha value is -1.69. The molecule has 14 heavy (non-hydrogen) atoms. The first-order valence-corrected chi connectivity index (χ1v) is 5.16. The van der Waals surface area contributed by atoms with Crippen molar-refractivity contribution in [2.45, 2.75) is 5.09 Å². The van der Waals surface area contributed by atoms with Gasteiger partial charge in [0.25, 0.3) is 0 Å². The number of nitrogens with zero attached hydrogens (tertiary/aromatic N) is 1. The number of rotatable bonds is 2. The molecule has 6 heteroatoms. The Morgan fingerprint density at radius 1 is 1.21 bits per heavy atom. The van der Waals surface area contributed by atoms with E-state index in [1.165, 1.54) is 6.07 Å². The maximum atomic E-state index is 11.0. The fourth-order valence-electron chi connectivity index (χ4n) is 1.12. The molecule has 0 unspecified atom stereocenters. The van der Waals surface area contributed by atoms with Crippen LogP contribution in [0.5, 0.6) is 0 Å². The van der Waals surface area contributed by atoms with Gasteiger partial charge in [0, 0.05) is 11.5 Å². The van der Waals surface area contributed by atoms with Crippen molar-refractivity contribution in [1.29, 1.82) is 0 Å². The molecular formula is C8H5NO4S. The largest absolute Gasteiger partial charge is 0.443 e. The quantitative estimate of drug-likeness (QED) is 0.710. The average Bonchev–Trinajstić information content (AvgIpc) is 2.61. The van der Waals surface area contributed by atoms with E-state index in [2.05, 4.69) is 0 Å². The Kier molecular flexibility index (Phi) is 1.85. The monoisotopic (exact) mass is 211 g/mol. The van der Waals surface area contributed by atoms with Crippen LogP contribution in [0, 0.1) is 4.91 Å².